The number of hydrogen-bond acceptors (Lipinski definition) is 3. The Morgan fingerprint density at radius 1 is 1.33 bits per heavy atom. The van der Waals surface area contributed by atoms with Crippen LogP contribution in [0, 0.1) is 0 Å². The zero-order chi connectivity index (χ0) is 6.74. The molecule has 1 heterocycles. The van der Waals surface area contributed by atoms with Gasteiger partial charge in [-0.05, 0) is 12.8 Å². The molecule has 0 aromatic carbocycles. The summed E-state index contributed by atoms with van der Waals surface area (Å²) >= 11 is 2.12. The van der Waals surface area contributed by atoms with Crippen LogP contribution >= 0.6 is 33.3 Å². The van der Waals surface area contributed by atoms with Crippen LogP contribution in [0.2, 0.25) is 0 Å². The lowest BCUT2D eigenvalue weighted by Crippen LogP contribution is -2.12. The van der Waals surface area contributed by atoms with Gasteiger partial charge in [0.2, 0.25) is 0 Å². The molecule has 1 saturated heterocycles. The Morgan fingerprint density at radius 3 is 2.22 bits per heavy atom. The molecule has 0 saturated carbocycles. The number of thioether (sulfide) groups is 1. The van der Waals surface area contributed by atoms with Crippen LogP contribution in [0.1, 0.15) is 26.7 Å². The summed E-state index contributed by atoms with van der Waals surface area (Å²) < 4.78 is 0.574. The van der Waals surface area contributed by atoms with Crippen molar-refractivity contribution >= 4 is 33.3 Å². The fourth-order valence-electron chi connectivity index (χ4n) is 0.859. The summed E-state index contributed by atoms with van der Waals surface area (Å²) in [5.74, 6) is 0. The monoisotopic (exact) mass is 180 g/mol. The Morgan fingerprint density at radius 2 is 2.00 bits per heavy atom. The van der Waals surface area contributed by atoms with Crippen molar-refractivity contribution in [3.05, 3.63) is 0 Å². The Kier molecular flexibility index (Phi) is 3.12. The maximum atomic E-state index is 2.29. The minimum Gasteiger partial charge on any atom is -0.131 e. The molecule has 0 spiro atoms. The molecule has 9 heavy (non-hydrogen) atoms. The molecule has 1 fully saturated rings. The SMILES string of the molecule is CCC1(CC)SCSS1. The molecule has 0 radical (unpaired) electrons. The van der Waals surface area contributed by atoms with Crippen LogP contribution in [0.3, 0.4) is 0 Å². The smallest absolute Gasteiger partial charge is 0.0718 e. The molecule has 0 atom stereocenters. The van der Waals surface area contributed by atoms with E-state index in [1.165, 1.54) is 17.9 Å². The predicted octanol–water partition coefficient (Wildman–Crippen LogP) is 3.59. The van der Waals surface area contributed by atoms with Crippen molar-refractivity contribution in [2.75, 3.05) is 5.08 Å². The van der Waals surface area contributed by atoms with E-state index in [0.717, 1.165) is 0 Å². The average molecular weight is 180 g/mol. The van der Waals surface area contributed by atoms with Crippen LogP contribution in [0.5, 0.6) is 0 Å². The molecule has 0 aromatic heterocycles. The van der Waals surface area contributed by atoms with Crippen molar-refractivity contribution in [3.63, 3.8) is 0 Å². The van der Waals surface area contributed by atoms with E-state index >= 15 is 0 Å². The third-order valence-corrected chi connectivity index (χ3v) is 7.71. The fraction of sp³-hybridized carbons (Fsp3) is 1.00. The first-order valence-electron chi connectivity index (χ1n) is 3.27. The first kappa shape index (κ1) is 8.15. The molecule has 0 aliphatic carbocycles. The van der Waals surface area contributed by atoms with Crippen LogP contribution in [0.25, 0.3) is 0 Å². The zero-order valence-electron chi connectivity index (χ0n) is 5.85. The summed E-state index contributed by atoms with van der Waals surface area (Å²) in [5.41, 5.74) is 0. The number of rotatable bonds is 2. The van der Waals surface area contributed by atoms with Gasteiger partial charge in [0.25, 0.3) is 0 Å². The molecule has 0 amide bonds. The van der Waals surface area contributed by atoms with Gasteiger partial charge in [-0.2, -0.15) is 0 Å². The normalized spacial score (nSPS) is 24.7. The third kappa shape index (κ3) is 1.75. The van der Waals surface area contributed by atoms with Gasteiger partial charge in [0.15, 0.2) is 0 Å². The Bertz CT molecular complexity index is 80.3. The molecule has 0 nitrogen and oxygen atoms in total. The Labute approximate surface area is 69.3 Å². The lowest BCUT2D eigenvalue weighted by molar-refractivity contribution is 0.746. The second-order valence-electron chi connectivity index (χ2n) is 2.08. The van der Waals surface area contributed by atoms with Crippen molar-refractivity contribution in [2.24, 2.45) is 0 Å². The molecule has 1 aliphatic heterocycles. The van der Waals surface area contributed by atoms with E-state index in [-0.39, 0.29) is 0 Å². The van der Waals surface area contributed by atoms with Crippen molar-refractivity contribution in [1.82, 2.24) is 0 Å². The first-order chi connectivity index (χ1) is 4.33. The highest BCUT2D eigenvalue weighted by Gasteiger charge is 2.32. The van der Waals surface area contributed by atoms with Crippen LogP contribution < -0.4 is 0 Å². The van der Waals surface area contributed by atoms with Crippen molar-refractivity contribution in [2.45, 2.75) is 30.8 Å². The summed E-state index contributed by atoms with van der Waals surface area (Å²) in [7, 11) is 4.08. The van der Waals surface area contributed by atoms with Crippen LogP contribution in [-0.4, -0.2) is 9.16 Å². The van der Waals surface area contributed by atoms with E-state index < -0.39 is 0 Å². The van der Waals surface area contributed by atoms with E-state index in [1.807, 2.05) is 10.8 Å². The summed E-state index contributed by atoms with van der Waals surface area (Å²) in [6.07, 6.45) is 2.62. The molecular weight excluding hydrogens is 168 g/mol. The van der Waals surface area contributed by atoms with Gasteiger partial charge in [-0.15, -0.1) is 11.8 Å². The minimum atomic E-state index is 0.574. The van der Waals surface area contributed by atoms with Gasteiger partial charge in [-0.3, -0.25) is 0 Å². The highest BCUT2D eigenvalue weighted by atomic mass is 33.1. The van der Waals surface area contributed by atoms with Gasteiger partial charge in [0, 0.05) is 0 Å². The molecule has 0 bridgehead atoms. The standard InChI is InChI=1S/C6H12S3/c1-3-6(4-2)7-5-8-9-6/h3-5H2,1-2H3. The maximum absolute atomic E-state index is 2.29. The van der Waals surface area contributed by atoms with Crippen LogP contribution in [0.15, 0.2) is 0 Å². The Hall–Kier alpha value is 1.05. The van der Waals surface area contributed by atoms with E-state index in [4.69, 9.17) is 0 Å². The fourth-order valence-corrected chi connectivity index (χ4v) is 6.67. The lowest BCUT2D eigenvalue weighted by Gasteiger charge is -2.21. The van der Waals surface area contributed by atoms with Gasteiger partial charge < -0.3 is 0 Å². The highest BCUT2D eigenvalue weighted by Crippen LogP contribution is 2.57. The van der Waals surface area contributed by atoms with Gasteiger partial charge in [0.1, 0.15) is 0 Å². The molecule has 3 heteroatoms. The summed E-state index contributed by atoms with van der Waals surface area (Å²) in [6, 6.07) is 0. The van der Waals surface area contributed by atoms with Crippen LogP contribution in [0.4, 0.5) is 0 Å². The van der Waals surface area contributed by atoms with E-state index in [2.05, 4.69) is 36.4 Å². The highest BCUT2D eigenvalue weighted by molar-refractivity contribution is 8.83. The molecule has 0 unspecified atom stereocenters. The molecule has 0 N–H and O–H groups in total. The second-order valence-corrected chi connectivity index (χ2v) is 6.74. The van der Waals surface area contributed by atoms with E-state index in [0.29, 0.717) is 4.08 Å². The summed E-state index contributed by atoms with van der Waals surface area (Å²) in [6.45, 7) is 4.57. The predicted molar refractivity (Wildman–Crippen MR) is 51.0 cm³/mol. The molecule has 54 valence electrons. The van der Waals surface area contributed by atoms with Gasteiger partial charge in [-0.25, -0.2) is 0 Å². The van der Waals surface area contributed by atoms with E-state index in [9.17, 15) is 0 Å². The zero-order valence-corrected chi connectivity index (χ0v) is 8.30. The molecule has 1 aliphatic rings. The maximum Gasteiger partial charge on any atom is 0.0718 e. The molecular formula is C6H12S3. The minimum absolute atomic E-state index is 0.574. The second kappa shape index (κ2) is 3.44. The number of hydrogen-bond donors (Lipinski definition) is 0. The first-order valence-corrected chi connectivity index (χ1v) is 6.58. The lowest BCUT2D eigenvalue weighted by atomic mass is 10.2. The van der Waals surface area contributed by atoms with E-state index in [1.54, 1.807) is 0 Å². The average Bonchev–Trinajstić information content (AvgIpc) is 2.36. The van der Waals surface area contributed by atoms with Crippen molar-refractivity contribution < 1.29 is 0 Å². The summed E-state index contributed by atoms with van der Waals surface area (Å²) in [4.78, 5) is 0. The van der Waals surface area contributed by atoms with Crippen molar-refractivity contribution in [3.8, 4) is 0 Å². The van der Waals surface area contributed by atoms with Gasteiger partial charge >= 0.3 is 0 Å². The summed E-state index contributed by atoms with van der Waals surface area (Å²) in [5, 5.41) is 1.28. The molecule has 0 aromatic rings. The van der Waals surface area contributed by atoms with Gasteiger partial charge in [0.05, 0.1) is 9.16 Å². The molecule has 1 rings (SSSR count). The Balaban J connectivity index is 2.45. The quantitative estimate of drug-likeness (QED) is 0.596. The van der Waals surface area contributed by atoms with Gasteiger partial charge in [-0.1, -0.05) is 35.4 Å². The van der Waals surface area contributed by atoms with Crippen molar-refractivity contribution in [1.29, 1.82) is 0 Å². The van der Waals surface area contributed by atoms with Crippen LogP contribution in [-0.2, 0) is 0 Å². The third-order valence-electron chi connectivity index (χ3n) is 1.66. The topological polar surface area (TPSA) is 0 Å². The largest absolute Gasteiger partial charge is 0.131 e.